The number of benzene rings is 3. The summed E-state index contributed by atoms with van der Waals surface area (Å²) in [6.45, 7) is 5.69. The lowest BCUT2D eigenvalue weighted by molar-refractivity contribution is 0.0952. The molecule has 38 heavy (non-hydrogen) atoms. The van der Waals surface area contributed by atoms with Crippen LogP contribution in [-0.2, 0) is 19.4 Å². The first-order valence-electron chi connectivity index (χ1n) is 12.9. The molecule has 1 amide bonds. The number of para-hydroxylation sites is 2. The van der Waals surface area contributed by atoms with Crippen LogP contribution in [0.3, 0.4) is 0 Å². The minimum atomic E-state index is -0.109. The Morgan fingerprint density at radius 2 is 1.87 bits per heavy atom. The molecule has 1 aromatic heterocycles. The van der Waals surface area contributed by atoms with Crippen LogP contribution in [0.4, 0.5) is 0 Å². The summed E-state index contributed by atoms with van der Waals surface area (Å²) in [6.07, 6.45) is 5.02. The number of aryl methyl sites for hydroxylation is 2. The van der Waals surface area contributed by atoms with Crippen LogP contribution in [0, 0.1) is 0 Å². The minimum absolute atomic E-state index is 0.109. The molecule has 0 aliphatic rings. The summed E-state index contributed by atoms with van der Waals surface area (Å²) in [5, 5.41) is 3.00. The smallest absolute Gasteiger partial charge is 0.251 e. The predicted molar refractivity (Wildman–Crippen MR) is 150 cm³/mol. The van der Waals surface area contributed by atoms with Gasteiger partial charge in [0.15, 0.2) is 11.5 Å². The normalized spacial score (nSPS) is 10.8. The number of aromatic nitrogens is 2. The number of carbonyl (C=O) groups is 1. The third-order valence-corrected chi connectivity index (χ3v) is 6.32. The molecule has 0 atom stereocenters. The second kappa shape index (κ2) is 13.3. The summed E-state index contributed by atoms with van der Waals surface area (Å²) in [7, 11) is 3.25. The lowest BCUT2D eigenvalue weighted by Gasteiger charge is -2.13. The van der Waals surface area contributed by atoms with Crippen molar-refractivity contribution in [3.63, 3.8) is 0 Å². The van der Waals surface area contributed by atoms with Gasteiger partial charge in [-0.25, -0.2) is 4.98 Å². The number of nitrogens with zero attached hydrogens (tertiary/aromatic N) is 2. The summed E-state index contributed by atoms with van der Waals surface area (Å²) >= 11 is 0. The van der Waals surface area contributed by atoms with E-state index in [0.29, 0.717) is 24.5 Å². The first-order chi connectivity index (χ1) is 18.6. The highest BCUT2D eigenvalue weighted by molar-refractivity contribution is 5.94. The molecular formula is C31H35N3O4. The number of carbonyl (C=O) groups excluding carboxylic acids is 1. The quantitative estimate of drug-likeness (QED) is 0.175. The molecule has 198 valence electrons. The van der Waals surface area contributed by atoms with Crippen LogP contribution in [0.1, 0.15) is 34.6 Å². The van der Waals surface area contributed by atoms with Gasteiger partial charge in [0.05, 0.1) is 31.9 Å². The first kappa shape index (κ1) is 26.8. The van der Waals surface area contributed by atoms with E-state index in [-0.39, 0.29) is 5.91 Å². The Bertz CT molecular complexity index is 1380. The SMILES string of the molecule is C=CCc1ccc(OCCCn2c(CCCNC(=O)c3cccc(OC)c3)nc3ccccc32)c(OC)c1. The predicted octanol–water partition coefficient (Wildman–Crippen LogP) is 5.61. The molecule has 0 aliphatic heterocycles. The third kappa shape index (κ3) is 6.73. The Balaban J connectivity index is 1.33. The Morgan fingerprint density at radius 1 is 1.00 bits per heavy atom. The van der Waals surface area contributed by atoms with Gasteiger partial charge in [0.1, 0.15) is 11.6 Å². The van der Waals surface area contributed by atoms with E-state index in [2.05, 4.69) is 22.5 Å². The summed E-state index contributed by atoms with van der Waals surface area (Å²) in [6, 6.07) is 21.3. The second-order valence-electron chi connectivity index (χ2n) is 8.94. The molecule has 0 saturated carbocycles. The molecule has 4 rings (SSSR count). The highest BCUT2D eigenvalue weighted by atomic mass is 16.5. The van der Waals surface area contributed by atoms with Gasteiger partial charge in [0, 0.05) is 25.1 Å². The van der Waals surface area contributed by atoms with Gasteiger partial charge in [-0.15, -0.1) is 6.58 Å². The van der Waals surface area contributed by atoms with E-state index in [1.165, 1.54) is 0 Å². The van der Waals surface area contributed by atoms with E-state index in [4.69, 9.17) is 19.2 Å². The van der Waals surface area contributed by atoms with Crippen LogP contribution in [0.5, 0.6) is 17.2 Å². The zero-order chi connectivity index (χ0) is 26.7. The molecule has 0 bridgehead atoms. The van der Waals surface area contributed by atoms with Crippen LogP contribution in [0.15, 0.2) is 79.4 Å². The monoisotopic (exact) mass is 513 g/mol. The Morgan fingerprint density at radius 3 is 2.68 bits per heavy atom. The number of nitrogens with one attached hydrogen (secondary N) is 1. The third-order valence-electron chi connectivity index (χ3n) is 6.32. The summed E-state index contributed by atoms with van der Waals surface area (Å²) in [5.41, 5.74) is 3.81. The molecule has 0 radical (unpaired) electrons. The highest BCUT2D eigenvalue weighted by Crippen LogP contribution is 2.28. The highest BCUT2D eigenvalue weighted by Gasteiger charge is 2.12. The van der Waals surface area contributed by atoms with E-state index in [9.17, 15) is 4.79 Å². The molecule has 1 N–H and O–H groups in total. The van der Waals surface area contributed by atoms with Gasteiger partial charge in [-0.1, -0.05) is 30.3 Å². The number of imidazole rings is 1. The second-order valence-corrected chi connectivity index (χ2v) is 8.94. The fraction of sp³-hybridized carbons (Fsp3) is 0.290. The lowest BCUT2D eigenvalue weighted by atomic mass is 10.1. The molecule has 1 heterocycles. The fourth-order valence-electron chi connectivity index (χ4n) is 4.41. The van der Waals surface area contributed by atoms with Crippen LogP contribution >= 0.6 is 0 Å². The van der Waals surface area contributed by atoms with E-state index in [0.717, 1.165) is 66.1 Å². The van der Waals surface area contributed by atoms with Crippen molar-refractivity contribution in [3.05, 3.63) is 96.3 Å². The molecule has 0 unspecified atom stereocenters. The topological polar surface area (TPSA) is 74.6 Å². The Hall–Kier alpha value is -4.26. The van der Waals surface area contributed by atoms with Crippen LogP contribution in [0.25, 0.3) is 11.0 Å². The van der Waals surface area contributed by atoms with Gasteiger partial charge >= 0.3 is 0 Å². The van der Waals surface area contributed by atoms with Crippen molar-refractivity contribution in [1.29, 1.82) is 0 Å². The Labute approximate surface area is 224 Å². The van der Waals surface area contributed by atoms with Crippen molar-refractivity contribution in [2.45, 2.75) is 32.2 Å². The van der Waals surface area contributed by atoms with Crippen molar-refractivity contribution in [1.82, 2.24) is 14.9 Å². The van der Waals surface area contributed by atoms with E-state index >= 15 is 0 Å². The van der Waals surface area contributed by atoms with E-state index < -0.39 is 0 Å². The van der Waals surface area contributed by atoms with E-state index in [1.54, 1.807) is 26.4 Å². The van der Waals surface area contributed by atoms with Crippen LogP contribution in [0.2, 0.25) is 0 Å². The summed E-state index contributed by atoms with van der Waals surface area (Å²) in [4.78, 5) is 17.4. The zero-order valence-electron chi connectivity index (χ0n) is 22.1. The molecule has 0 fully saturated rings. The minimum Gasteiger partial charge on any atom is -0.497 e. The first-order valence-corrected chi connectivity index (χ1v) is 12.9. The Kier molecular flexibility index (Phi) is 9.40. The van der Waals surface area contributed by atoms with Crippen molar-refractivity contribution in [2.75, 3.05) is 27.4 Å². The maximum Gasteiger partial charge on any atom is 0.251 e. The maximum atomic E-state index is 12.5. The van der Waals surface area contributed by atoms with Gasteiger partial charge in [-0.3, -0.25) is 4.79 Å². The molecule has 0 aliphatic carbocycles. The molecular weight excluding hydrogens is 478 g/mol. The average molecular weight is 514 g/mol. The number of ether oxygens (including phenoxy) is 3. The van der Waals surface area contributed by atoms with Crippen molar-refractivity contribution >= 4 is 16.9 Å². The maximum absolute atomic E-state index is 12.5. The number of hydrogen-bond donors (Lipinski definition) is 1. The van der Waals surface area contributed by atoms with Gasteiger partial charge in [-0.2, -0.15) is 0 Å². The van der Waals surface area contributed by atoms with Gasteiger partial charge in [0.2, 0.25) is 0 Å². The van der Waals surface area contributed by atoms with Crippen molar-refractivity contribution in [2.24, 2.45) is 0 Å². The number of hydrogen-bond acceptors (Lipinski definition) is 5. The molecule has 7 nitrogen and oxygen atoms in total. The number of methoxy groups -OCH3 is 2. The van der Waals surface area contributed by atoms with Crippen molar-refractivity contribution in [3.8, 4) is 17.2 Å². The van der Waals surface area contributed by atoms with E-state index in [1.807, 2.05) is 54.6 Å². The van der Waals surface area contributed by atoms with Crippen LogP contribution in [-0.4, -0.2) is 42.8 Å². The summed E-state index contributed by atoms with van der Waals surface area (Å²) in [5.74, 6) is 3.03. The molecule has 4 aromatic rings. The molecule has 7 heteroatoms. The number of rotatable bonds is 14. The van der Waals surface area contributed by atoms with Gasteiger partial charge in [-0.05, 0) is 67.3 Å². The van der Waals surface area contributed by atoms with Gasteiger partial charge in [0.25, 0.3) is 5.91 Å². The van der Waals surface area contributed by atoms with Crippen molar-refractivity contribution < 1.29 is 19.0 Å². The lowest BCUT2D eigenvalue weighted by Crippen LogP contribution is -2.25. The number of fused-ring (bicyclic) bond motifs is 1. The average Bonchev–Trinajstić information content (AvgIpc) is 3.31. The zero-order valence-corrected chi connectivity index (χ0v) is 22.1. The number of allylic oxidation sites excluding steroid dienone is 1. The molecule has 3 aromatic carbocycles. The standard InChI is InChI=1S/C31H35N3O4/c1-4-10-23-16-17-28(29(21-23)37-3)38-20-9-19-34-27-14-6-5-13-26(27)33-30(34)15-8-18-32-31(35)24-11-7-12-25(22-24)36-2/h4-7,11-14,16-17,21-22H,1,8-10,15,18-20H2,2-3H3,(H,32,35). The summed E-state index contributed by atoms with van der Waals surface area (Å²) < 4.78 is 19.0. The number of amides is 1. The van der Waals surface area contributed by atoms with Gasteiger partial charge < -0.3 is 24.1 Å². The largest absolute Gasteiger partial charge is 0.497 e. The molecule has 0 spiro atoms. The van der Waals surface area contributed by atoms with Crippen LogP contribution < -0.4 is 19.5 Å². The molecule has 0 saturated heterocycles. The fourth-order valence-corrected chi connectivity index (χ4v) is 4.41.